The van der Waals surface area contributed by atoms with E-state index in [9.17, 15) is 18.4 Å². The lowest BCUT2D eigenvalue weighted by molar-refractivity contribution is 0.0698. The number of aromatic carboxylic acids is 1. The average Bonchev–Trinajstić information content (AvgIpc) is 2.74. The van der Waals surface area contributed by atoms with Gasteiger partial charge in [-0.05, 0) is 25.1 Å². The number of anilines is 1. The van der Waals surface area contributed by atoms with Crippen molar-refractivity contribution >= 4 is 39.8 Å². The molecule has 0 unspecified atom stereocenters. The van der Waals surface area contributed by atoms with Gasteiger partial charge in [0.05, 0.1) is 16.1 Å². The number of amides is 1. The summed E-state index contributed by atoms with van der Waals surface area (Å²) in [7, 11) is 0. The van der Waals surface area contributed by atoms with Crippen molar-refractivity contribution in [3.63, 3.8) is 0 Å². The van der Waals surface area contributed by atoms with Crippen LogP contribution < -0.4 is 5.32 Å². The van der Waals surface area contributed by atoms with Crippen LogP contribution in [0, 0.1) is 18.6 Å². The van der Waals surface area contributed by atoms with Gasteiger partial charge in [-0.3, -0.25) is 4.79 Å². The summed E-state index contributed by atoms with van der Waals surface area (Å²) in [5, 5.41) is 10.9. The molecule has 0 spiro atoms. The molecular weight excluding hydrogens is 324 g/mol. The van der Waals surface area contributed by atoms with Crippen molar-refractivity contribution in [1.29, 1.82) is 0 Å². The lowest BCUT2D eigenvalue weighted by Crippen LogP contribution is -2.15. The number of benzene rings is 1. The first-order valence-electron chi connectivity index (χ1n) is 5.59. The molecule has 8 heteroatoms. The highest BCUT2D eigenvalue weighted by atomic mass is 35.5. The van der Waals surface area contributed by atoms with Gasteiger partial charge in [0.1, 0.15) is 16.6 Å². The van der Waals surface area contributed by atoms with E-state index >= 15 is 0 Å². The molecule has 110 valence electrons. The van der Waals surface area contributed by atoms with Gasteiger partial charge in [0.15, 0.2) is 0 Å². The minimum absolute atomic E-state index is 0.0553. The van der Waals surface area contributed by atoms with Gasteiger partial charge in [-0.15, -0.1) is 11.3 Å². The molecule has 0 saturated carbocycles. The summed E-state index contributed by atoms with van der Waals surface area (Å²) in [6.07, 6.45) is 0. The van der Waals surface area contributed by atoms with E-state index in [0.717, 1.165) is 11.3 Å². The number of carboxylic acids is 1. The lowest BCUT2D eigenvalue weighted by atomic mass is 10.2. The van der Waals surface area contributed by atoms with Gasteiger partial charge in [-0.1, -0.05) is 11.6 Å². The highest BCUT2D eigenvalue weighted by Crippen LogP contribution is 2.28. The normalized spacial score (nSPS) is 10.5. The Morgan fingerprint density at radius 3 is 2.48 bits per heavy atom. The number of nitrogens with one attached hydrogen (secondary N) is 1. The maximum absolute atomic E-state index is 13.6. The van der Waals surface area contributed by atoms with Crippen LogP contribution in [0.3, 0.4) is 0 Å². The number of carbonyl (C=O) groups excluding carboxylic acids is 1. The van der Waals surface area contributed by atoms with Crippen molar-refractivity contribution < 1.29 is 23.5 Å². The fraction of sp³-hybridized carbons (Fsp3) is 0.0769. The Kier molecular flexibility index (Phi) is 4.24. The summed E-state index contributed by atoms with van der Waals surface area (Å²) in [6.45, 7) is 1.66. The second-order valence-corrected chi connectivity index (χ2v) is 5.77. The molecule has 0 aliphatic rings. The quantitative estimate of drug-likeness (QED) is 0.837. The molecule has 0 bridgehead atoms. The van der Waals surface area contributed by atoms with Crippen LogP contribution in [0.5, 0.6) is 0 Å². The molecule has 4 nitrogen and oxygen atoms in total. The van der Waals surface area contributed by atoms with Crippen molar-refractivity contribution in [2.75, 3.05) is 5.32 Å². The fourth-order valence-electron chi connectivity index (χ4n) is 1.63. The van der Waals surface area contributed by atoms with Crippen molar-refractivity contribution in [3.8, 4) is 0 Å². The Labute approximate surface area is 127 Å². The van der Waals surface area contributed by atoms with E-state index < -0.39 is 34.1 Å². The summed E-state index contributed by atoms with van der Waals surface area (Å²) >= 11 is 6.42. The molecule has 0 fully saturated rings. The van der Waals surface area contributed by atoms with Gasteiger partial charge in [0, 0.05) is 4.88 Å². The molecule has 0 radical (unpaired) electrons. The van der Waals surface area contributed by atoms with Crippen LogP contribution in [0.4, 0.5) is 13.8 Å². The molecule has 1 amide bonds. The number of thiophene rings is 1. The van der Waals surface area contributed by atoms with Crippen LogP contribution in [-0.2, 0) is 0 Å². The van der Waals surface area contributed by atoms with E-state index in [2.05, 4.69) is 5.32 Å². The van der Waals surface area contributed by atoms with Crippen LogP contribution in [0.15, 0.2) is 18.2 Å². The number of carboxylic acid groups (broad SMARTS) is 1. The summed E-state index contributed by atoms with van der Waals surface area (Å²) in [5.74, 6) is -4.11. The number of aryl methyl sites for hydroxylation is 1. The second kappa shape index (κ2) is 5.79. The third-order valence-corrected chi connectivity index (χ3v) is 3.82. The van der Waals surface area contributed by atoms with Crippen LogP contribution in [-0.4, -0.2) is 17.0 Å². The largest absolute Gasteiger partial charge is 0.478 e. The minimum Gasteiger partial charge on any atom is -0.478 e. The first-order chi connectivity index (χ1) is 9.79. The van der Waals surface area contributed by atoms with Crippen LogP contribution >= 0.6 is 22.9 Å². The predicted octanol–water partition coefficient (Wildman–Crippen LogP) is 3.94. The molecule has 0 aliphatic carbocycles. The number of rotatable bonds is 3. The molecule has 1 aromatic heterocycles. The van der Waals surface area contributed by atoms with E-state index in [1.54, 1.807) is 6.92 Å². The van der Waals surface area contributed by atoms with Crippen molar-refractivity contribution in [1.82, 2.24) is 0 Å². The Bertz CT molecular complexity index is 745. The van der Waals surface area contributed by atoms with Gasteiger partial charge in [-0.25, -0.2) is 13.6 Å². The van der Waals surface area contributed by atoms with E-state index in [1.807, 2.05) is 0 Å². The fourth-order valence-corrected chi connectivity index (χ4v) is 2.68. The van der Waals surface area contributed by atoms with Crippen LogP contribution in [0.25, 0.3) is 0 Å². The van der Waals surface area contributed by atoms with Gasteiger partial charge >= 0.3 is 5.97 Å². The van der Waals surface area contributed by atoms with Gasteiger partial charge in [-0.2, -0.15) is 0 Å². The molecule has 2 rings (SSSR count). The maximum atomic E-state index is 13.6. The summed E-state index contributed by atoms with van der Waals surface area (Å²) in [6, 6.07) is 2.72. The predicted molar refractivity (Wildman–Crippen MR) is 75.3 cm³/mol. The average molecular weight is 332 g/mol. The topological polar surface area (TPSA) is 66.4 Å². The Morgan fingerprint density at radius 1 is 1.19 bits per heavy atom. The number of hydrogen-bond donors (Lipinski definition) is 2. The van der Waals surface area contributed by atoms with E-state index in [4.69, 9.17) is 16.7 Å². The molecule has 2 aromatic rings. The molecular formula is C13H8ClF2NO3S. The number of hydrogen-bond acceptors (Lipinski definition) is 3. The Balaban J connectivity index is 2.35. The lowest BCUT2D eigenvalue weighted by Gasteiger charge is -2.06. The molecule has 21 heavy (non-hydrogen) atoms. The molecule has 1 heterocycles. The SMILES string of the molecule is Cc1cc(C(=O)O)c(NC(=O)c2cc(F)c(Cl)cc2F)s1. The third-order valence-electron chi connectivity index (χ3n) is 2.57. The number of halogens is 3. The summed E-state index contributed by atoms with van der Waals surface area (Å²) in [5.41, 5.74) is -0.667. The Morgan fingerprint density at radius 2 is 1.86 bits per heavy atom. The Hall–Kier alpha value is -1.99. The zero-order valence-corrected chi connectivity index (χ0v) is 12.1. The zero-order valence-electron chi connectivity index (χ0n) is 10.5. The molecule has 0 aliphatic heterocycles. The van der Waals surface area contributed by atoms with E-state index in [-0.39, 0.29) is 10.6 Å². The van der Waals surface area contributed by atoms with Gasteiger partial charge in [0.2, 0.25) is 0 Å². The van der Waals surface area contributed by atoms with Crippen LogP contribution in [0.2, 0.25) is 5.02 Å². The van der Waals surface area contributed by atoms with Gasteiger partial charge in [0.25, 0.3) is 5.91 Å². The standard InChI is InChI=1S/C13H8ClF2NO3S/c1-5-2-7(13(19)20)12(21-5)17-11(18)6-3-10(16)8(14)4-9(6)15/h2-4H,1H3,(H,17,18)(H,19,20). The van der Waals surface area contributed by atoms with Crippen molar-refractivity contribution in [3.05, 3.63) is 50.9 Å². The van der Waals surface area contributed by atoms with Gasteiger partial charge < -0.3 is 10.4 Å². The highest BCUT2D eigenvalue weighted by Gasteiger charge is 2.20. The smallest absolute Gasteiger partial charge is 0.338 e. The first-order valence-corrected chi connectivity index (χ1v) is 6.78. The summed E-state index contributed by atoms with van der Waals surface area (Å²) in [4.78, 5) is 23.6. The van der Waals surface area contributed by atoms with Crippen LogP contribution in [0.1, 0.15) is 25.6 Å². The molecule has 1 aromatic carbocycles. The summed E-state index contributed by atoms with van der Waals surface area (Å²) < 4.78 is 26.9. The number of carbonyl (C=O) groups is 2. The third kappa shape index (κ3) is 3.20. The van der Waals surface area contributed by atoms with E-state index in [1.165, 1.54) is 6.07 Å². The van der Waals surface area contributed by atoms with Crippen molar-refractivity contribution in [2.45, 2.75) is 6.92 Å². The highest BCUT2D eigenvalue weighted by molar-refractivity contribution is 7.16. The molecule has 0 saturated heterocycles. The van der Waals surface area contributed by atoms with E-state index in [0.29, 0.717) is 17.0 Å². The first kappa shape index (κ1) is 15.4. The molecule has 2 N–H and O–H groups in total. The second-order valence-electron chi connectivity index (χ2n) is 4.11. The van der Waals surface area contributed by atoms with Crippen molar-refractivity contribution in [2.24, 2.45) is 0 Å². The molecule has 0 atom stereocenters. The monoisotopic (exact) mass is 331 g/mol. The zero-order chi connectivity index (χ0) is 15.7. The maximum Gasteiger partial charge on any atom is 0.338 e. The minimum atomic E-state index is -1.22.